The normalized spacial score (nSPS) is 10.9. The summed E-state index contributed by atoms with van der Waals surface area (Å²) in [5.41, 5.74) is 4.10. The highest BCUT2D eigenvalue weighted by molar-refractivity contribution is 6.32. The molecule has 7 nitrogen and oxygen atoms in total. The number of nitrogens with zero attached hydrogens (tertiary/aromatic N) is 3. The molecule has 1 amide bonds. The smallest absolute Gasteiger partial charge is 0.278 e. The average molecular weight is 451 g/mol. The van der Waals surface area contributed by atoms with Crippen LogP contribution in [0.15, 0.2) is 59.1 Å². The second kappa shape index (κ2) is 9.28. The lowest BCUT2D eigenvalue weighted by Crippen LogP contribution is -2.16. The molecule has 1 N–H and O–H groups in total. The van der Waals surface area contributed by atoms with E-state index in [1.807, 2.05) is 61.0 Å². The van der Waals surface area contributed by atoms with Crippen molar-refractivity contribution in [2.24, 2.45) is 0 Å². The van der Waals surface area contributed by atoms with Gasteiger partial charge in [-0.1, -0.05) is 59.2 Å². The first-order valence-corrected chi connectivity index (χ1v) is 10.5. The predicted octanol–water partition coefficient (Wildman–Crippen LogP) is 5.33. The molecule has 2 aromatic heterocycles. The van der Waals surface area contributed by atoms with Crippen LogP contribution in [-0.2, 0) is 13.2 Å². The quantitative estimate of drug-likeness (QED) is 0.411. The largest absolute Gasteiger partial charge is 0.487 e. The van der Waals surface area contributed by atoms with Gasteiger partial charge in [-0.15, -0.1) is 0 Å². The lowest BCUT2D eigenvalue weighted by atomic mass is 10.2. The topological polar surface area (TPSA) is 82.2 Å². The van der Waals surface area contributed by atoms with Gasteiger partial charge in [-0.25, -0.2) is 0 Å². The van der Waals surface area contributed by atoms with Crippen molar-refractivity contribution in [2.75, 3.05) is 5.32 Å². The number of rotatable bonds is 7. The van der Waals surface area contributed by atoms with E-state index >= 15 is 0 Å². The van der Waals surface area contributed by atoms with Crippen LogP contribution in [0.4, 0.5) is 5.69 Å². The van der Waals surface area contributed by atoms with Gasteiger partial charge in [0.2, 0.25) is 0 Å². The van der Waals surface area contributed by atoms with E-state index < -0.39 is 0 Å². The van der Waals surface area contributed by atoms with Gasteiger partial charge in [-0.3, -0.25) is 9.48 Å². The lowest BCUT2D eigenvalue weighted by Gasteiger charge is -2.09. The maximum atomic E-state index is 13.0. The van der Waals surface area contributed by atoms with E-state index in [4.69, 9.17) is 20.9 Å². The molecule has 0 aliphatic rings. The van der Waals surface area contributed by atoms with E-state index in [1.165, 1.54) is 0 Å². The van der Waals surface area contributed by atoms with Crippen molar-refractivity contribution in [2.45, 2.75) is 33.9 Å². The molecule has 0 radical (unpaired) electrons. The molecule has 164 valence electrons. The lowest BCUT2D eigenvalue weighted by molar-refractivity contribution is 0.101. The van der Waals surface area contributed by atoms with Crippen LogP contribution >= 0.6 is 11.6 Å². The number of aromatic nitrogens is 3. The maximum Gasteiger partial charge on any atom is 0.278 e. The van der Waals surface area contributed by atoms with Crippen LogP contribution in [0.5, 0.6) is 5.75 Å². The molecule has 0 saturated heterocycles. The number of carbonyl (C=O) groups excluding carboxylic acids is 1. The summed E-state index contributed by atoms with van der Waals surface area (Å²) >= 11 is 6.16. The van der Waals surface area contributed by atoms with E-state index in [1.54, 1.807) is 19.1 Å². The molecule has 0 aliphatic heterocycles. The van der Waals surface area contributed by atoms with E-state index in [-0.39, 0.29) is 18.2 Å². The number of aryl methyl sites for hydroxylation is 2. The Hall–Kier alpha value is -3.58. The number of benzene rings is 2. The molecule has 0 fully saturated rings. The number of nitrogens with one attached hydrogen (secondary N) is 1. The summed E-state index contributed by atoms with van der Waals surface area (Å²) in [5, 5.41) is 12.0. The number of anilines is 1. The maximum absolute atomic E-state index is 13.0. The van der Waals surface area contributed by atoms with Crippen molar-refractivity contribution < 1.29 is 14.1 Å². The summed E-state index contributed by atoms with van der Waals surface area (Å²) in [6.45, 7) is 6.24. The number of carbonyl (C=O) groups is 1. The highest BCUT2D eigenvalue weighted by atomic mass is 35.5. The highest BCUT2D eigenvalue weighted by Crippen LogP contribution is 2.26. The number of hydrogen-bond acceptors (Lipinski definition) is 5. The Bertz CT molecular complexity index is 1250. The van der Waals surface area contributed by atoms with Gasteiger partial charge in [0, 0.05) is 0 Å². The fourth-order valence-corrected chi connectivity index (χ4v) is 3.60. The van der Waals surface area contributed by atoms with Gasteiger partial charge in [-0.05, 0) is 38.5 Å². The van der Waals surface area contributed by atoms with Crippen LogP contribution in [0.25, 0.3) is 0 Å². The SMILES string of the molecule is Cc1nn(Cc2ccccc2)c(C)c1NC(=O)c1noc(C)c1COc1ccccc1Cl. The number of para-hydroxylation sites is 1. The van der Waals surface area contributed by atoms with Crippen molar-refractivity contribution in [3.8, 4) is 5.75 Å². The molecule has 0 unspecified atom stereocenters. The Balaban J connectivity index is 1.52. The zero-order chi connectivity index (χ0) is 22.7. The standard InChI is InChI=1S/C24H23ClN4O3/c1-15-22(16(2)29(27-15)13-18-9-5-4-6-10-18)26-24(30)23-19(17(3)32-28-23)14-31-21-12-8-7-11-20(21)25/h4-12H,13-14H2,1-3H3,(H,26,30). The van der Waals surface area contributed by atoms with E-state index in [0.29, 0.717) is 34.3 Å². The summed E-state index contributed by atoms with van der Waals surface area (Å²) in [6, 6.07) is 17.2. The number of ether oxygens (including phenoxy) is 1. The van der Waals surface area contributed by atoms with Gasteiger partial charge in [-0.2, -0.15) is 5.10 Å². The molecule has 32 heavy (non-hydrogen) atoms. The molecule has 0 aliphatic carbocycles. The van der Waals surface area contributed by atoms with Crippen LogP contribution in [0.3, 0.4) is 0 Å². The Morgan fingerprint density at radius 1 is 1.09 bits per heavy atom. The van der Waals surface area contributed by atoms with Crippen LogP contribution in [0.1, 0.15) is 38.8 Å². The van der Waals surface area contributed by atoms with Gasteiger partial charge in [0.25, 0.3) is 5.91 Å². The minimum Gasteiger partial charge on any atom is -0.487 e. The van der Waals surface area contributed by atoms with E-state index in [0.717, 1.165) is 17.0 Å². The summed E-state index contributed by atoms with van der Waals surface area (Å²) in [7, 11) is 0. The van der Waals surface area contributed by atoms with Crippen LogP contribution < -0.4 is 10.1 Å². The minimum atomic E-state index is -0.384. The van der Waals surface area contributed by atoms with Crippen LogP contribution in [-0.4, -0.2) is 20.8 Å². The predicted molar refractivity (Wildman–Crippen MR) is 122 cm³/mol. The van der Waals surface area contributed by atoms with E-state index in [2.05, 4.69) is 15.6 Å². The molecule has 0 atom stereocenters. The minimum absolute atomic E-state index is 0.104. The second-order valence-corrected chi connectivity index (χ2v) is 7.84. The van der Waals surface area contributed by atoms with Gasteiger partial charge < -0.3 is 14.6 Å². The summed E-state index contributed by atoms with van der Waals surface area (Å²) in [6.07, 6.45) is 0. The average Bonchev–Trinajstić information content (AvgIpc) is 3.28. The first-order chi connectivity index (χ1) is 15.4. The zero-order valence-electron chi connectivity index (χ0n) is 18.1. The summed E-state index contributed by atoms with van der Waals surface area (Å²) < 4.78 is 12.9. The third kappa shape index (κ3) is 4.53. The molecule has 0 spiro atoms. The van der Waals surface area contributed by atoms with Crippen LogP contribution in [0, 0.1) is 20.8 Å². The number of amides is 1. The molecule has 2 heterocycles. The number of hydrogen-bond donors (Lipinski definition) is 1. The first-order valence-electron chi connectivity index (χ1n) is 10.2. The highest BCUT2D eigenvalue weighted by Gasteiger charge is 2.23. The Morgan fingerprint density at radius 2 is 1.81 bits per heavy atom. The fourth-order valence-electron chi connectivity index (χ4n) is 3.41. The summed E-state index contributed by atoms with van der Waals surface area (Å²) in [5.74, 6) is 0.649. The Kier molecular flexibility index (Phi) is 6.28. The molecule has 2 aromatic carbocycles. The molecule has 4 aromatic rings. The van der Waals surface area contributed by atoms with Crippen LogP contribution in [0.2, 0.25) is 5.02 Å². The monoisotopic (exact) mass is 450 g/mol. The molecule has 4 rings (SSSR count). The molecular weight excluding hydrogens is 428 g/mol. The second-order valence-electron chi connectivity index (χ2n) is 7.43. The van der Waals surface area contributed by atoms with Crippen molar-refractivity contribution in [3.63, 3.8) is 0 Å². The number of halogens is 1. The van der Waals surface area contributed by atoms with Gasteiger partial charge >= 0.3 is 0 Å². The molecular formula is C24H23ClN4O3. The van der Waals surface area contributed by atoms with Gasteiger partial charge in [0.05, 0.1) is 34.2 Å². The first kappa shape index (κ1) is 21.6. The summed E-state index contributed by atoms with van der Waals surface area (Å²) in [4.78, 5) is 13.0. The Morgan fingerprint density at radius 3 is 2.56 bits per heavy atom. The Labute approximate surface area is 190 Å². The zero-order valence-corrected chi connectivity index (χ0v) is 18.8. The van der Waals surface area contributed by atoms with Crippen molar-refractivity contribution >= 4 is 23.2 Å². The van der Waals surface area contributed by atoms with Crippen molar-refractivity contribution in [1.82, 2.24) is 14.9 Å². The molecule has 8 heteroatoms. The van der Waals surface area contributed by atoms with E-state index in [9.17, 15) is 4.79 Å². The van der Waals surface area contributed by atoms with Gasteiger partial charge in [0.1, 0.15) is 18.1 Å². The molecule has 0 saturated carbocycles. The van der Waals surface area contributed by atoms with Gasteiger partial charge in [0.15, 0.2) is 5.69 Å². The third-order valence-corrected chi connectivity index (χ3v) is 5.52. The van der Waals surface area contributed by atoms with Crippen molar-refractivity contribution in [1.29, 1.82) is 0 Å². The molecule has 0 bridgehead atoms. The fraction of sp³-hybridized carbons (Fsp3) is 0.208. The third-order valence-electron chi connectivity index (χ3n) is 5.20. The van der Waals surface area contributed by atoms with Crippen molar-refractivity contribution in [3.05, 3.63) is 93.6 Å².